The van der Waals surface area contributed by atoms with Gasteiger partial charge in [-0.25, -0.2) is 0 Å². The molecular weight excluding hydrogens is 386 g/mol. The molecule has 1 fully saturated rings. The fourth-order valence-corrected chi connectivity index (χ4v) is 3.08. The lowest BCUT2D eigenvalue weighted by Gasteiger charge is -2.13. The second kappa shape index (κ2) is 9.05. The van der Waals surface area contributed by atoms with Gasteiger partial charge in [0.2, 0.25) is 12.3 Å². The third kappa shape index (κ3) is 5.45. The molecular formula is C19H26ClN3O5. The Hall–Kier alpha value is -2.61. The molecule has 154 valence electrons. The van der Waals surface area contributed by atoms with Gasteiger partial charge in [0.15, 0.2) is 0 Å². The summed E-state index contributed by atoms with van der Waals surface area (Å²) in [4.78, 5) is 47.6. The first-order valence-electron chi connectivity index (χ1n) is 8.51. The minimum atomic E-state index is -0.972. The zero-order chi connectivity index (χ0) is 21.8. The number of hydrogen-bond donors (Lipinski definition) is 2. The second-order valence-corrected chi connectivity index (χ2v) is 7.97. The van der Waals surface area contributed by atoms with Gasteiger partial charge in [-0.1, -0.05) is 25.4 Å². The Labute approximate surface area is 169 Å². The van der Waals surface area contributed by atoms with Crippen LogP contribution in [0.1, 0.15) is 24.2 Å². The fourth-order valence-electron chi connectivity index (χ4n) is 2.82. The average Bonchev–Trinajstić information content (AvgIpc) is 3.17. The van der Waals surface area contributed by atoms with Crippen molar-refractivity contribution in [2.24, 2.45) is 17.3 Å². The van der Waals surface area contributed by atoms with Crippen LogP contribution in [0.3, 0.4) is 0 Å². The molecule has 0 radical (unpaired) electrons. The van der Waals surface area contributed by atoms with Crippen molar-refractivity contribution >= 4 is 41.5 Å². The van der Waals surface area contributed by atoms with Crippen LogP contribution >= 0.6 is 11.6 Å². The first-order valence-corrected chi connectivity index (χ1v) is 8.89. The molecule has 1 saturated carbocycles. The van der Waals surface area contributed by atoms with E-state index in [-0.39, 0.29) is 16.8 Å². The highest BCUT2D eigenvalue weighted by atomic mass is 35.5. The lowest BCUT2D eigenvalue weighted by atomic mass is 10.1. The molecule has 2 unspecified atom stereocenters. The molecule has 1 aliphatic carbocycles. The predicted octanol–water partition coefficient (Wildman–Crippen LogP) is 2.04. The Morgan fingerprint density at radius 1 is 1.14 bits per heavy atom. The van der Waals surface area contributed by atoms with Crippen LogP contribution in [0.5, 0.6) is 0 Å². The van der Waals surface area contributed by atoms with Gasteiger partial charge in [0, 0.05) is 33.9 Å². The lowest BCUT2D eigenvalue weighted by molar-refractivity contribution is -0.140. The van der Waals surface area contributed by atoms with E-state index in [9.17, 15) is 19.2 Å². The molecule has 28 heavy (non-hydrogen) atoms. The number of nitrogens with one attached hydrogen (secondary N) is 1. The normalized spacial score (nSPS) is 18.8. The topological polar surface area (TPSA) is 107 Å². The van der Waals surface area contributed by atoms with E-state index in [1.807, 2.05) is 0 Å². The molecule has 0 saturated heterocycles. The predicted molar refractivity (Wildman–Crippen MR) is 106 cm³/mol. The van der Waals surface area contributed by atoms with Crippen molar-refractivity contribution in [3.8, 4) is 0 Å². The Morgan fingerprint density at radius 2 is 1.68 bits per heavy atom. The fraction of sp³-hybridized carbons (Fsp3) is 0.474. The van der Waals surface area contributed by atoms with Crippen LogP contribution in [0, 0.1) is 17.3 Å². The van der Waals surface area contributed by atoms with E-state index in [2.05, 4.69) is 5.32 Å². The zero-order valence-electron chi connectivity index (χ0n) is 16.8. The number of carbonyl (C=O) groups excluding carboxylic acids is 3. The summed E-state index contributed by atoms with van der Waals surface area (Å²) in [6.45, 7) is 3.50. The Kier molecular flexibility index (Phi) is 7.58. The summed E-state index contributed by atoms with van der Waals surface area (Å²) in [5, 5.41) is 12.0. The van der Waals surface area contributed by atoms with Gasteiger partial charge in [-0.05, 0) is 23.6 Å². The van der Waals surface area contributed by atoms with E-state index in [4.69, 9.17) is 16.7 Å². The van der Waals surface area contributed by atoms with Crippen LogP contribution in [0.15, 0.2) is 18.2 Å². The van der Waals surface area contributed by atoms with Gasteiger partial charge in [0.05, 0.1) is 22.4 Å². The average molecular weight is 412 g/mol. The van der Waals surface area contributed by atoms with Crippen LogP contribution in [0.25, 0.3) is 0 Å². The number of nitrogens with zero attached hydrogens (tertiary/aromatic N) is 2. The van der Waals surface area contributed by atoms with Gasteiger partial charge in [0.25, 0.3) is 5.91 Å². The molecule has 3 amide bonds. The molecule has 2 atom stereocenters. The van der Waals surface area contributed by atoms with Gasteiger partial charge >= 0.3 is 5.97 Å². The highest BCUT2D eigenvalue weighted by molar-refractivity contribution is 6.34. The number of rotatable bonds is 5. The highest BCUT2D eigenvalue weighted by Crippen LogP contribution is 2.58. The molecule has 2 N–H and O–H groups in total. The van der Waals surface area contributed by atoms with E-state index in [0.717, 1.165) is 6.41 Å². The maximum atomic E-state index is 12.3. The van der Waals surface area contributed by atoms with Crippen molar-refractivity contribution in [2.45, 2.75) is 13.8 Å². The molecule has 0 aliphatic heterocycles. The van der Waals surface area contributed by atoms with Crippen LogP contribution < -0.4 is 5.32 Å². The van der Waals surface area contributed by atoms with Crippen molar-refractivity contribution in [1.82, 2.24) is 9.80 Å². The summed E-state index contributed by atoms with van der Waals surface area (Å²) in [7, 11) is 6.62. The monoisotopic (exact) mass is 411 g/mol. The third-order valence-electron chi connectivity index (χ3n) is 4.46. The number of amides is 3. The number of carboxylic acid groups (broad SMARTS) is 1. The van der Waals surface area contributed by atoms with Gasteiger partial charge in [-0.2, -0.15) is 0 Å². The van der Waals surface area contributed by atoms with Gasteiger partial charge in [-0.15, -0.1) is 0 Å². The molecule has 0 heterocycles. The summed E-state index contributed by atoms with van der Waals surface area (Å²) in [5.74, 6) is -2.83. The van der Waals surface area contributed by atoms with Crippen molar-refractivity contribution in [1.29, 1.82) is 0 Å². The van der Waals surface area contributed by atoms with Crippen LogP contribution in [0.4, 0.5) is 5.69 Å². The van der Waals surface area contributed by atoms with E-state index < -0.39 is 23.2 Å². The SMILES string of the molecule is CN(C)C(=O)c1ccc(NC(=O)C2C(C(=O)O)C2(C)C)cc1Cl.CN(C)C=O. The lowest BCUT2D eigenvalue weighted by Crippen LogP contribution is -2.22. The summed E-state index contributed by atoms with van der Waals surface area (Å²) >= 11 is 6.09. The van der Waals surface area contributed by atoms with Gasteiger partial charge < -0.3 is 20.2 Å². The molecule has 1 aromatic rings. The van der Waals surface area contributed by atoms with Crippen LogP contribution in [0.2, 0.25) is 5.02 Å². The van der Waals surface area contributed by atoms with Gasteiger partial charge in [-0.3, -0.25) is 19.2 Å². The molecule has 1 aromatic carbocycles. The van der Waals surface area contributed by atoms with Crippen molar-refractivity contribution in [3.63, 3.8) is 0 Å². The molecule has 9 heteroatoms. The number of aliphatic carboxylic acids is 1. The Morgan fingerprint density at radius 3 is 2.04 bits per heavy atom. The smallest absolute Gasteiger partial charge is 0.307 e. The molecule has 0 aromatic heterocycles. The number of hydrogen-bond acceptors (Lipinski definition) is 4. The second-order valence-electron chi connectivity index (χ2n) is 7.57. The van der Waals surface area contributed by atoms with E-state index in [1.165, 1.54) is 21.9 Å². The Bertz CT molecular complexity index is 777. The van der Waals surface area contributed by atoms with E-state index in [0.29, 0.717) is 11.3 Å². The molecule has 0 spiro atoms. The quantitative estimate of drug-likeness (QED) is 0.721. The number of benzene rings is 1. The first kappa shape index (κ1) is 23.4. The summed E-state index contributed by atoms with van der Waals surface area (Å²) in [5.41, 5.74) is 0.201. The summed E-state index contributed by atoms with van der Waals surface area (Å²) < 4.78 is 0. The largest absolute Gasteiger partial charge is 0.481 e. The minimum Gasteiger partial charge on any atom is -0.481 e. The number of halogens is 1. The van der Waals surface area contributed by atoms with Crippen molar-refractivity contribution in [2.75, 3.05) is 33.5 Å². The molecule has 8 nitrogen and oxygen atoms in total. The van der Waals surface area contributed by atoms with E-state index in [1.54, 1.807) is 48.1 Å². The summed E-state index contributed by atoms with van der Waals surface area (Å²) in [6.07, 6.45) is 0.750. The maximum absolute atomic E-state index is 12.3. The number of carbonyl (C=O) groups is 4. The molecule has 2 rings (SSSR count). The van der Waals surface area contributed by atoms with Crippen LogP contribution in [-0.4, -0.2) is 67.3 Å². The Balaban J connectivity index is 0.000000696. The maximum Gasteiger partial charge on any atom is 0.307 e. The summed E-state index contributed by atoms with van der Waals surface area (Å²) in [6, 6.07) is 4.60. The van der Waals surface area contributed by atoms with E-state index >= 15 is 0 Å². The van der Waals surface area contributed by atoms with Crippen LogP contribution in [-0.2, 0) is 14.4 Å². The molecule has 1 aliphatic rings. The minimum absolute atomic E-state index is 0.228. The number of carboxylic acids is 1. The first-order chi connectivity index (χ1) is 12.8. The molecule has 0 bridgehead atoms. The van der Waals surface area contributed by atoms with Gasteiger partial charge in [0.1, 0.15) is 0 Å². The highest BCUT2D eigenvalue weighted by Gasteiger charge is 2.65. The van der Waals surface area contributed by atoms with Crippen molar-refractivity contribution < 1.29 is 24.3 Å². The standard InChI is InChI=1S/C16H19ClN2O4.C3H7NO/c1-16(2)11(12(16)15(22)23)13(20)18-8-5-6-9(10(17)7-8)14(21)19(3)4;1-4(2)3-5/h5-7,11-12H,1-4H3,(H,18,20)(H,22,23);3H,1-2H3. The zero-order valence-corrected chi connectivity index (χ0v) is 17.6. The number of anilines is 1. The third-order valence-corrected chi connectivity index (χ3v) is 4.77. The van der Waals surface area contributed by atoms with Crippen molar-refractivity contribution in [3.05, 3.63) is 28.8 Å².